The third-order valence-electron chi connectivity index (χ3n) is 3.43. The molecule has 1 aromatic rings. The minimum absolute atomic E-state index is 0.313. The first-order valence-electron chi connectivity index (χ1n) is 7.08. The van der Waals surface area contributed by atoms with E-state index in [0.29, 0.717) is 12.2 Å². The molecular formula is C15H23NOS. The summed E-state index contributed by atoms with van der Waals surface area (Å²) < 4.78 is 0. The smallest absolute Gasteiger partial charge is 0.172 e. The SMILES string of the molecule is CCCN(CCCC(=O)c1cccs1)CC1CC1. The van der Waals surface area contributed by atoms with Gasteiger partial charge in [-0.3, -0.25) is 4.79 Å². The van der Waals surface area contributed by atoms with Crippen molar-refractivity contribution in [2.45, 2.75) is 39.0 Å². The third-order valence-corrected chi connectivity index (χ3v) is 4.34. The normalized spacial score (nSPS) is 15.2. The predicted octanol–water partition coefficient (Wildman–Crippen LogP) is 3.83. The van der Waals surface area contributed by atoms with E-state index in [1.165, 1.54) is 32.4 Å². The van der Waals surface area contributed by atoms with Crippen LogP contribution in [0, 0.1) is 5.92 Å². The zero-order chi connectivity index (χ0) is 12.8. The van der Waals surface area contributed by atoms with Crippen molar-refractivity contribution >= 4 is 17.1 Å². The number of carbonyl (C=O) groups excluding carboxylic acids is 1. The van der Waals surface area contributed by atoms with Gasteiger partial charge in [-0.2, -0.15) is 0 Å². The molecule has 1 saturated carbocycles. The Labute approximate surface area is 114 Å². The highest BCUT2D eigenvalue weighted by atomic mass is 32.1. The number of thiophene rings is 1. The van der Waals surface area contributed by atoms with Crippen LogP contribution in [0.2, 0.25) is 0 Å². The van der Waals surface area contributed by atoms with Crippen molar-refractivity contribution < 1.29 is 4.79 Å². The highest BCUT2D eigenvalue weighted by molar-refractivity contribution is 7.12. The number of Topliss-reactive ketones (excluding diaryl/α,β-unsaturated/α-hetero) is 1. The van der Waals surface area contributed by atoms with E-state index in [0.717, 1.165) is 23.8 Å². The molecule has 1 aliphatic rings. The lowest BCUT2D eigenvalue weighted by Crippen LogP contribution is -2.28. The second-order valence-corrected chi connectivity index (χ2v) is 6.20. The average molecular weight is 265 g/mol. The minimum Gasteiger partial charge on any atom is -0.303 e. The molecular weight excluding hydrogens is 242 g/mol. The van der Waals surface area contributed by atoms with Crippen molar-refractivity contribution in [2.75, 3.05) is 19.6 Å². The molecule has 2 rings (SSSR count). The zero-order valence-corrected chi connectivity index (χ0v) is 12.0. The molecule has 0 unspecified atom stereocenters. The lowest BCUT2D eigenvalue weighted by atomic mass is 10.2. The lowest BCUT2D eigenvalue weighted by Gasteiger charge is -2.21. The monoisotopic (exact) mass is 265 g/mol. The van der Waals surface area contributed by atoms with Crippen LogP contribution in [0.4, 0.5) is 0 Å². The summed E-state index contributed by atoms with van der Waals surface area (Å²) in [6.45, 7) is 5.75. The maximum atomic E-state index is 11.9. The lowest BCUT2D eigenvalue weighted by molar-refractivity contribution is 0.0978. The molecule has 1 aromatic heterocycles. The van der Waals surface area contributed by atoms with E-state index < -0.39 is 0 Å². The number of carbonyl (C=O) groups is 1. The first-order chi connectivity index (χ1) is 8.79. The molecule has 0 N–H and O–H groups in total. The molecule has 100 valence electrons. The topological polar surface area (TPSA) is 20.3 Å². The van der Waals surface area contributed by atoms with Crippen molar-refractivity contribution in [2.24, 2.45) is 5.92 Å². The summed E-state index contributed by atoms with van der Waals surface area (Å²) in [5.74, 6) is 1.26. The Kier molecular flexibility index (Phi) is 5.39. The van der Waals surface area contributed by atoms with Crippen molar-refractivity contribution in [1.29, 1.82) is 0 Å². The fourth-order valence-electron chi connectivity index (χ4n) is 2.30. The summed E-state index contributed by atoms with van der Waals surface area (Å²) in [7, 11) is 0. The van der Waals surface area contributed by atoms with Crippen LogP contribution in [0.15, 0.2) is 17.5 Å². The molecule has 0 spiro atoms. The maximum absolute atomic E-state index is 11.9. The molecule has 0 aromatic carbocycles. The van der Waals surface area contributed by atoms with E-state index in [9.17, 15) is 4.79 Å². The van der Waals surface area contributed by atoms with Crippen LogP contribution in [0.3, 0.4) is 0 Å². The molecule has 3 heteroatoms. The molecule has 0 bridgehead atoms. The van der Waals surface area contributed by atoms with Gasteiger partial charge in [0.15, 0.2) is 5.78 Å². The van der Waals surface area contributed by atoms with Crippen LogP contribution in [-0.4, -0.2) is 30.3 Å². The third kappa shape index (κ3) is 4.54. The van der Waals surface area contributed by atoms with Crippen LogP contribution in [-0.2, 0) is 0 Å². The molecule has 1 fully saturated rings. The Hall–Kier alpha value is -0.670. The molecule has 1 heterocycles. The van der Waals surface area contributed by atoms with E-state index in [1.54, 1.807) is 11.3 Å². The summed E-state index contributed by atoms with van der Waals surface area (Å²) in [6.07, 6.45) is 5.74. The molecule has 1 aliphatic carbocycles. The molecule has 0 aliphatic heterocycles. The van der Waals surface area contributed by atoms with Gasteiger partial charge in [-0.05, 0) is 56.1 Å². The van der Waals surface area contributed by atoms with Crippen LogP contribution in [0.1, 0.15) is 48.7 Å². The van der Waals surface area contributed by atoms with Gasteiger partial charge in [0.1, 0.15) is 0 Å². The largest absolute Gasteiger partial charge is 0.303 e. The van der Waals surface area contributed by atoms with Crippen LogP contribution in [0.5, 0.6) is 0 Å². The molecule has 0 amide bonds. The number of rotatable bonds is 9. The highest BCUT2D eigenvalue weighted by Crippen LogP contribution is 2.29. The van der Waals surface area contributed by atoms with Crippen LogP contribution in [0.25, 0.3) is 0 Å². The molecule has 0 radical (unpaired) electrons. The molecule has 2 nitrogen and oxygen atoms in total. The second-order valence-electron chi connectivity index (χ2n) is 5.25. The quantitative estimate of drug-likeness (QED) is 0.632. The Morgan fingerprint density at radius 3 is 2.89 bits per heavy atom. The van der Waals surface area contributed by atoms with Gasteiger partial charge in [0.25, 0.3) is 0 Å². The number of hydrogen-bond donors (Lipinski definition) is 0. The van der Waals surface area contributed by atoms with Gasteiger partial charge in [0.2, 0.25) is 0 Å². The van der Waals surface area contributed by atoms with E-state index in [2.05, 4.69) is 11.8 Å². The standard InChI is InChI=1S/C15H23NOS/c1-2-9-16(12-13-7-8-13)10-3-5-14(17)15-6-4-11-18-15/h4,6,11,13H,2-3,5,7-10,12H2,1H3. The number of ketones is 1. The Bertz CT molecular complexity index is 357. The number of nitrogens with zero attached hydrogens (tertiary/aromatic N) is 1. The van der Waals surface area contributed by atoms with Crippen molar-refractivity contribution in [1.82, 2.24) is 4.90 Å². The van der Waals surface area contributed by atoms with Gasteiger partial charge < -0.3 is 4.90 Å². The molecule has 18 heavy (non-hydrogen) atoms. The van der Waals surface area contributed by atoms with Gasteiger partial charge >= 0.3 is 0 Å². The predicted molar refractivity (Wildman–Crippen MR) is 77.3 cm³/mol. The molecule has 0 saturated heterocycles. The van der Waals surface area contributed by atoms with Crippen molar-refractivity contribution in [3.05, 3.63) is 22.4 Å². The van der Waals surface area contributed by atoms with Crippen molar-refractivity contribution in [3.63, 3.8) is 0 Å². The van der Waals surface area contributed by atoms with Crippen LogP contribution >= 0.6 is 11.3 Å². The van der Waals surface area contributed by atoms with Gasteiger partial charge in [-0.1, -0.05) is 13.0 Å². The number of hydrogen-bond acceptors (Lipinski definition) is 3. The Morgan fingerprint density at radius 2 is 2.28 bits per heavy atom. The van der Waals surface area contributed by atoms with Gasteiger partial charge in [0.05, 0.1) is 4.88 Å². The first-order valence-corrected chi connectivity index (χ1v) is 7.96. The van der Waals surface area contributed by atoms with E-state index >= 15 is 0 Å². The minimum atomic E-state index is 0.313. The first kappa shape index (κ1) is 13.8. The second kappa shape index (κ2) is 7.05. The zero-order valence-electron chi connectivity index (χ0n) is 11.2. The van der Waals surface area contributed by atoms with Gasteiger partial charge in [-0.25, -0.2) is 0 Å². The fraction of sp³-hybridized carbons (Fsp3) is 0.667. The average Bonchev–Trinajstić information content (AvgIpc) is 3.00. The highest BCUT2D eigenvalue weighted by Gasteiger charge is 2.23. The van der Waals surface area contributed by atoms with E-state index in [1.807, 2.05) is 17.5 Å². The summed E-state index contributed by atoms with van der Waals surface area (Å²) in [6, 6.07) is 3.88. The van der Waals surface area contributed by atoms with Crippen molar-refractivity contribution in [3.8, 4) is 0 Å². The van der Waals surface area contributed by atoms with Gasteiger partial charge in [-0.15, -0.1) is 11.3 Å². The Morgan fingerprint density at radius 1 is 1.44 bits per heavy atom. The summed E-state index contributed by atoms with van der Waals surface area (Å²) in [4.78, 5) is 15.3. The summed E-state index contributed by atoms with van der Waals surface area (Å²) in [5, 5.41) is 1.98. The maximum Gasteiger partial charge on any atom is 0.172 e. The van der Waals surface area contributed by atoms with Gasteiger partial charge in [0, 0.05) is 13.0 Å². The summed E-state index contributed by atoms with van der Waals surface area (Å²) in [5.41, 5.74) is 0. The summed E-state index contributed by atoms with van der Waals surface area (Å²) >= 11 is 1.56. The molecule has 0 atom stereocenters. The Balaban J connectivity index is 1.67. The van der Waals surface area contributed by atoms with E-state index in [-0.39, 0.29) is 0 Å². The fourth-order valence-corrected chi connectivity index (χ4v) is 2.99. The van der Waals surface area contributed by atoms with E-state index in [4.69, 9.17) is 0 Å². The van der Waals surface area contributed by atoms with Crippen LogP contribution < -0.4 is 0 Å².